The average molecular weight is 470 g/mol. The number of amides is 1. The molecule has 3 rings (SSSR count). The Morgan fingerprint density at radius 2 is 1.82 bits per heavy atom. The average Bonchev–Trinajstić information content (AvgIpc) is 2.84. The minimum Gasteiger partial charge on any atom is -0.358 e. The molecule has 0 spiro atoms. The van der Waals surface area contributed by atoms with Crippen molar-refractivity contribution in [3.05, 3.63) is 101 Å². The van der Waals surface area contributed by atoms with Crippen LogP contribution in [0, 0.1) is 17.1 Å². The molecule has 0 unspecified atom stereocenters. The summed E-state index contributed by atoms with van der Waals surface area (Å²) in [4.78, 5) is 16.2. The summed E-state index contributed by atoms with van der Waals surface area (Å²) >= 11 is 0. The minimum absolute atomic E-state index is 0.343. The second kappa shape index (κ2) is 10.9. The van der Waals surface area contributed by atoms with Crippen LogP contribution in [0.15, 0.2) is 66.9 Å². The van der Waals surface area contributed by atoms with Crippen molar-refractivity contribution in [2.45, 2.75) is 31.1 Å². The first-order valence-corrected chi connectivity index (χ1v) is 10.5. The molecule has 1 aromatic heterocycles. The first kappa shape index (κ1) is 24.9. The highest BCUT2D eigenvalue weighted by Gasteiger charge is 2.32. The van der Waals surface area contributed by atoms with Crippen LogP contribution in [-0.4, -0.2) is 17.9 Å². The molecule has 9 heteroatoms. The summed E-state index contributed by atoms with van der Waals surface area (Å²) in [6.45, 7) is 0. The highest BCUT2D eigenvalue weighted by atomic mass is 19.4. The summed E-state index contributed by atoms with van der Waals surface area (Å²) < 4.78 is 51.8. The zero-order chi connectivity index (χ0) is 24.7. The number of nitriles is 1. The zero-order valence-electron chi connectivity index (χ0n) is 18.2. The van der Waals surface area contributed by atoms with Crippen LogP contribution in [0.25, 0.3) is 0 Å². The number of hydrogen-bond acceptors (Lipinski definition) is 4. The third-order valence-electron chi connectivity index (χ3n) is 5.33. The highest BCUT2D eigenvalue weighted by Crippen LogP contribution is 2.28. The summed E-state index contributed by atoms with van der Waals surface area (Å²) in [5.41, 5.74) is 1.32. The van der Waals surface area contributed by atoms with Gasteiger partial charge in [-0.15, -0.1) is 0 Å². The van der Waals surface area contributed by atoms with Crippen molar-refractivity contribution in [3.63, 3.8) is 0 Å². The topological polar surface area (TPSA) is 77.8 Å². The van der Waals surface area contributed by atoms with Gasteiger partial charge < -0.3 is 5.32 Å². The number of carbonyl (C=O) groups excluding carboxylic acids is 1. The van der Waals surface area contributed by atoms with Gasteiger partial charge in [-0.1, -0.05) is 30.3 Å². The van der Waals surface area contributed by atoms with Gasteiger partial charge in [-0.05, 0) is 59.9 Å². The van der Waals surface area contributed by atoms with Gasteiger partial charge in [0.05, 0.1) is 11.6 Å². The van der Waals surface area contributed by atoms with Gasteiger partial charge >= 0.3 is 6.18 Å². The first-order valence-electron chi connectivity index (χ1n) is 10.5. The van der Waals surface area contributed by atoms with Gasteiger partial charge in [-0.25, -0.2) is 4.39 Å². The van der Waals surface area contributed by atoms with Gasteiger partial charge in [0.2, 0.25) is 5.91 Å². The smallest absolute Gasteiger partial charge is 0.358 e. The van der Waals surface area contributed by atoms with Gasteiger partial charge in [0.25, 0.3) is 0 Å². The Kier molecular flexibility index (Phi) is 7.97. The minimum atomic E-state index is -4.52. The monoisotopic (exact) mass is 470 g/mol. The van der Waals surface area contributed by atoms with Gasteiger partial charge in [0, 0.05) is 19.3 Å². The predicted octanol–water partition coefficient (Wildman–Crippen LogP) is 4.86. The van der Waals surface area contributed by atoms with E-state index >= 15 is 0 Å². The van der Waals surface area contributed by atoms with Crippen LogP contribution in [0.2, 0.25) is 0 Å². The van der Waals surface area contributed by atoms with Gasteiger partial charge in [-0.2, -0.15) is 18.4 Å². The number of halogens is 4. The summed E-state index contributed by atoms with van der Waals surface area (Å²) in [5.74, 6) is -0.781. The first-order chi connectivity index (χ1) is 16.2. The molecule has 2 atom stereocenters. The Bertz CT molecular complexity index is 1160. The predicted molar refractivity (Wildman–Crippen MR) is 118 cm³/mol. The highest BCUT2D eigenvalue weighted by molar-refractivity contribution is 5.83. The lowest BCUT2D eigenvalue weighted by Gasteiger charge is -2.26. The second-order valence-electron chi connectivity index (χ2n) is 7.64. The Morgan fingerprint density at radius 3 is 2.41 bits per heavy atom. The Labute approximate surface area is 194 Å². The van der Waals surface area contributed by atoms with Crippen molar-refractivity contribution in [2.24, 2.45) is 0 Å². The molecule has 3 aromatic rings. The number of pyridine rings is 1. The van der Waals surface area contributed by atoms with Crippen molar-refractivity contribution >= 4 is 5.91 Å². The number of nitrogens with zero attached hydrogens (tertiary/aromatic N) is 2. The third kappa shape index (κ3) is 6.39. The van der Waals surface area contributed by atoms with Gasteiger partial charge in [0.1, 0.15) is 17.6 Å². The van der Waals surface area contributed by atoms with E-state index < -0.39 is 29.8 Å². The maximum atomic E-state index is 13.4. The number of alkyl halides is 3. The molecule has 5 nitrogen and oxygen atoms in total. The van der Waals surface area contributed by atoms with Crippen LogP contribution in [-0.2, 0) is 17.4 Å². The molecule has 1 amide bonds. The fourth-order valence-corrected chi connectivity index (χ4v) is 3.55. The standard InChI is InChI=1S/C25H22F4N4O/c1-31-24(34)23(18-7-9-20(26)10-8-18)33-21(19-4-2-3-17(13-19)14-30)11-5-16-6-12-22(32-15-16)25(27,28)29/h2-4,6-10,12-13,15,21,23,33H,5,11H2,1H3,(H,31,34)/t21-,23+/m0/s1. The third-order valence-corrected chi connectivity index (χ3v) is 5.33. The van der Waals surface area contributed by atoms with Gasteiger partial charge in [0.15, 0.2) is 0 Å². The van der Waals surface area contributed by atoms with Gasteiger partial charge in [-0.3, -0.25) is 15.1 Å². The van der Waals surface area contributed by atoms with E-state index in [1.165, 1.54) is 43.6 Å². The van der Waals surface area contributed by atoms with E-state index in [0.29, 0.717) is 29.5 Å². The lowest BCUT2D eigenvalue weighted by atomic mass is 9.95. The quantitative estimate of drug-likeness (QED) is 0.461. The van der Waals surface area contributed by atoms with Crippen LogP contribution in [0.1, 0.15) is 46.5 Å². The number of rotatable bonds is 8. The van der Waals surface area contributed by atoms with Crippen molar-refractivity contribution in [1.82, 2.24) is 15.6 Å². The molecule has 0 radical (unpaired) electrons. The molecule has 0 fully saturated rings. The van der Waals surface area contributed by atoms with Crippen molar-refractivity contribution in [1.29, 1.82) is 5.26 Å². The molecule has 2 N–H and O–H groups in total. The fraction of sp³-hybridized carbons (Fsp3) is 0.240. The van der Waals surface area contributed by atoms with E-state index in [9.17, 15) is 27.6 Å². The maximum absolute atomic E-state index is 13.4. The number of aryl methyl sites for hydroxylation is 1. The number of aromatic nitrogens is 1. The van der Waals surface area contributed by atoms with E-state index in [-0.39, 0.29) is 5.91 Å². The van der Waals surface area contributed by atoms with Crippen molar-refractivity contribution in [3.8, 4) is 6.07 Å². The largest absolute Gasteiger partial charge is 0.433 e. The molecule has 34 heavy (non-hydrogen) atoms. The molecule has 0 saturated heterocycles. The van der Waals surface area contributed by atoms with E-state index in [1.807, 2.05) is 0 Å². The van der Waals surface area contributed by atoms with Crippen LogP contribution in [0.3, 0.4) is 0 Å². The normalized spacial score (nSPS) is 13.1. The van der Waals surface area contributed by atoms with Crippen LogP contribution < -0.4 is 10.6 Å². The van der Waals surface area contributed by atoms with Crippen molar-refractivity contribution < 1.29 is 22.4 Å². The molecule has 0 aliphatic carbocycles. The Morgan fingerprint density at radius 1 is 1.09 bits per heavy atom. The van der Waals surface area contributed by atoms with Crippen LogP contribution in [0.4, 0.5) is 17.6 Å². The van der Waals surface area contributed by atoms with E-state index in [4.69, 9.17) is 0 Å². The molecule has 176 valence electrons. The number of carbonyl (C=O) groups is 1. The molecule has 0 aliphatic rings. The van der Waals surface area contributed by atoms with Crippen molar-refractivity contribution in [2.75, 3.05) is 7.05 Å². The van der Waals surface area contributed by atoms with E-state index in [1.54, 1.807) is 24.3 Å². The summed E-state index contributed by atoms with van der Waals surface area (Å²) in [5, 5.41) is 15.1. The second-order valence-corrected chi connectivity index (χ2v) is 7.64. The van der Waals surface area contributed by atoms with Crippen LogP contribution >= 0.6 is 0 Å². The number of likely N-dealkylation sites (N-methyl/N-ethyl adjacent to an activating group) is 1. The van der Waals surface area contributed by atoms with E-state index in [2.05, 4.69) is 21.7 Å². The lowest BCUT2D eigenvalue weighted by molar-refractivity contribution is -0.141. The number of hydrogen-bond donors (Lipinski definition) is 2. The molecule has 0 bridgehead atoms. The SMILES string of the molecule is CNC(=O)[C@H](N[C@@H](CCc1ccc(C(F)(F)F)nc1)c1cccc(C#N)c1)c1ccc(F)cc1. The lowest BCUT2D eigenvalue weighted by Crippen LogP contribution is -2.38. The molecule has 0 aliphatic heterocycles. The molecule has 2 aromatic carbocycles. The molecule has 1 heterocycles. The number of benzene rings is 2. The summed E-state index contributed by atoms with van der Waals surface area (Å²) in [6, 6.07) is 15.5. The Balaban J connectivity index is 1.89. The molecular weight excluding hydrogens is 448 g/mol. The summed E-state index contributed by atoms with van der Waals surface area (Å²) in [7, 11) is 1.49. The fourth-order valence-electron chi connectivity index (χ4n) is 3.55. The Hall–Kier alpha value is -3.77. The zero-order valence-corrected chi connectivity index (χ0v) is 18.2. The summed E-state index contributed by atoms with van der Waals surface area (Å²) in [6.07, 6.45) is -2.57. The number of nitrogens with one attached hydrogen (secondary N) is 2. The molecule has 0 saturated carbocycles. The van der Waals surface area contributed by atoms with E-state index in [0.717, 1.165) is 11.6 Å². The van der Waals surface area contributed by atoms with Crippen LogP contribution in [0.5, 0.6) is 0 Å². The molecular formula is C25H22F4N4O. The maximum Gasteiger partial charge on any atom is 0.433 e.